The Bertz CT molecular complexity index is 450. The van der Waals surface area contributed by atoms with Crippen molar-refractivity contribution in [3.05, 3.63) is 18.1 Å². The van der Waals surface area contributed by atoms with Gasteiger partial charge < -0.3 is 0 Å². The largest absolute Gasteiger partial charge is 0.271 e. The SMILES string of the molecule is Cn1nc(-c2ncns2)cc1C(C)(C)C. The molecule has 0 N–H and O–H groups in total. The molecule has 0 aliphatic rings. The van der Waals surface area contributed by atoms with E-state index in [1.807, 2.05) is 11.7 Å². The van der Waals surface area contributed by atoms with Crippen LogP contribution < -0.4 is 0 Å². The highest BCUT2D eigenvalue weighted by atomic mass is 32.1. The summed E-state index contributed by atoms with van der Waals surface area (Å²) in [7, 11) is 1.96. The molecule has 0 atom stereocenters. The second kappa shape index (κ2) is 3.41. The molecule has 0 radical (unpaired) electrons. The van der Waals surface area contributed by atoms with Crippen LogP contribution in [0.3, 0.4) is 0 Å². The van der Waals surface area contributed by atoms with E-state index in [0.717, 1.165) is 10.7 Å². The molecule has 0 aliphatic carbocycles. The van der Waals surface area contributed by atoms with Gasteiger partial charge in [-0.05, 0) is 17.6 Å². The van der Waals surface area contributed by atoms with Crippen LogP contribution >= 0.6 is 11.5 Å². The van der Waals surface area contributed by atoms with Crippen molar-refractivity contribution in [3.8, 4) is 10.7 Å². The first-order valence-electron chi connectivity index (χ1n) is 4.80. The Labute approximate surface area is 93.1 Å². The van der Waals surface area contributed by atoms with Gasteiger partial charge in [-0.15, -0.1) is 0 Å². The average molecular weight is 222 g/mol. The van der Waals surface area contributed by atoms with Crippen molar-refractivity contribution in [3.63, 3.8) is 0 Å². The molecule has 0 aliphatic heterocycles. The zero-order valence-electron chi connectivity index (χ0n) is 9.35. The van der Waals surface area contributed by atoms with E-state index in [1.165, 1.54) is 17.2 Å². The van der Waals surface area contributed by atoms with E-state index in [-0.39, 0.29) is 5.41 Å². The number of hydrogen-bond donors (Lipinski definition) is 0. The highest BCUT2D eigenvalue weighted by molar-refractivity contribution is 7.09. The lowest BCUT2D eigenvalue weighted by Crippen LogP contribution is -2.16. The summed E-state index contributed by atoms with van der Waals surface area (Å²) in [4.78, 5) is 4.15. The number of nitrogens with zero attached hydrogens (tertiary/aromatic N) is 4. The van der Waals surface area contributed by atoms with Gasteiger partial charge in [-0.1, -0.05) is 20.8 Å². The number of rotatable bonds is 1. The fraction of sp³-hybridized carbons (Fsp3) is 0.500. The highest BCUT2D eigenvalue weighted by Crippen LogP contribution is 2.26. The Kier molecular flexibility index (Phi) is 2.34. The highest BCUT2D eigenvalue weighted by Gasteiger charge is 2.20. The Morgan fingerprint density at radius 3 is 2.53 bits per heavy atom. The first-order valence-corrected chi connectivity index (χ1v) is 5.57. The molecule has 2 aromatic heterocycles. The van der Waals surface area contributed by atoms with E-state index in [2.05, 4.69) is 41.3 Å². The molecule has 0 bridgehead atoms. The molecule has 80 valence electrons. The lowest BCUT2D eigenvalue weighted by atomic mass is 9.92. The molecule has 2 aromatic rings. The van der Waals surface area contributed by atoms with Crippen LogP contribution in [0.25, 0.3) is 10.7 Å². The minimum absolute atomic E-state index is 0.102. The van der Waals surface area contributed by atoms with Crippen molar-refractivity contribution >= 4 is 11.5 Å². The number of aromatic nitrogens is 4. The van der Waals surface area contributed by atoms with Gasteiger partial charge in [-0.3, -0.25) is 4.68 Å². The van der Waals surface area contributed by atoms with Gasteiger partial charge >= 0.3 is 0 Å². The molecule has 0 amide bonds. The van der Waals surface area contributed by atoms with Crippen molar-refractivity contribution < 1.29 is 0 Å². The predicted octanol–water partition coefficient (Wildman–Crippen LogP) is 2.24. The second-order valence-corrected chi connectivity index (χ2v) is 5.31. The van der Waals surface area contributed by atoms with Gasteiger partial charge in [-0.2, -0.15) is 9.47 Å². The average Bonchev–Trinajstić information content (AvgIpc) is 2.68. The Hall–Kier alpha value is -1.23. The lowest BCUT2D eigenvalue weighted by Gasteiger charge is -2.17. The smallest absolute Gasteiger partial charge is 0.163 e. The molecule has 0 aromatic carbocycles. The van der Waals surface area contributed by atoms with Crippen LogP contribution in [0, 0.1) is 0 Å². The predicted molar refractivity (Wildman–Crippen MR) is 60.8 cm³/mol. The summed E-state index contributed by atoms with van der Waals surface area (Å²) in [5.41, 5.74) is 2.21. The summed E-state index contributed by atoms with van der Waals surface area (Å²) in [6.07, 6.45) is 1.56. The maximum Gasteiger partial charge on any atom is 0.163 e. The van der Waals surface area contributed by atoms with Crippen molar-refractivity contribution in [1.82, 2.24) is 19.1 Å². The molecule has 15 heavy (non-hydrogen) atoms. The third-order valence-corrected chi connectivity index (χ3v) is 2.92. The molecule has 2 rings (SSSR count). The third-order valence-electron chi connectivity index (χ3n) is 2.23. The van der Waals surface area contributed by atoms with E-state index in [1.54, 1.807) is 6.33 Å². The van der Waals surface area contributed by atoms with Crippen LogP contribution in [0.4, 0.5) is 0 Å². The zero-order chi connectivity index (χ0) is 11.1. The summed E-state index contributed by atoms with van der Waals surface area (Å²) in [5.74, 6) is 0. The van der Waals surface area contributed by atoms with Crippen LogP contribution in [0.15, 0.2) is 12.4 Å². The van der Waals surface area contributed by atoms with Gasteiger partial charge in [0, 0.05) is 18.2 Å². The van der Waals surface area contributed by atoms with Crippen LogP contribution in [0.2, 0.25) is 0 Å². The monoisotopic (exact) mass is 222 g/mol. The first kappa shape index (κ1) is 10.3. The van der Waals surface area contributed by atoms with Crippen LogP contribution in [0.5, 0.6) is 0 Å². The molecule has 0 unspecified atom stereocenters. The zero-order valence-corrected chi connectivity index (χ0v) is 10.2. The molecule has 2 heterocycles. The fourth-order valence-electron chi connectivity index (χ4n) is 1.56. The molecular weight excluding hydrogens is 208 g/mol. The third kappa shape index (κ3) is 1.92. The van der Waals surface area contributed by atoms with Gasteiger partial charge in [-0.25, -0.2) is 4.98 Å². The Morgan fingerprint density at radius 1 is 1.33 bits per heavy atom. The first-order chi connectivity index (χ1) is 6.98. The lowest BCUT2D eigenvalue weighted by molar-refractivity contribution is 0.523. The normalized spacial score (nSPS) is 12.0. The molecule has 5 heteroatoms. The number of aryl methyl sites for hydroxylation is 1. The molecule has 4 nitrogen and oxygen atoms in total. The van der Waals surface area contributed by atoms with E-state index < -0.39 is 0 Å². The number of hydrogen-bond acceptors (Lipinski definition) is 4. The fourth-order valence-corrected chi connectivity index (χ4v) is 2.04. The maximum absolute atomic E-state index is 4.44. The standard InChI is InChI=1S/C10H14N4S/c1-10(2,3)8-5-7(13-14(8)4)9-11-6-12-15-9/h5-6H,1-4H3. The molecule has 0 spiro atoms. The Balaban J connectivity index is 2.47. The summed E-state index contributed by atoms with van der Waals surface area (Å²) in [5, 5.41) is 5.32. The van der Waals surface area contributed by atoms with Gasteiger partial charge in [0.15, 0.2) is 5.01 Å². The minimum atomic E-state index is 0.102. The van der Waals surface area contributed by atoms with Crippen molar-refractivity contribution in [2.45, 2.75) is 26.2 Å². The summed E-state index contributed by atoms with van der Waals surface area (Å²) < 4.78 is 5.89. The van der Waals surface area contributed by atoms with E-state index in [0.29, 0.717) is 0 Å². The van der Waals surface area contributed by atoms with Crippen LogP contribution in [-0.4, -0.2) is 19.1 Å². The second-order valence-electron chi connectivity index (χ2n) is 4.53. The van der Waals surface area contributed by atoms with Gasteiger partial charge in [0.1, 0.15) is 12.0 Å². The molecule has 0 saturated carbocycles. The minimum Gasteiger partial charge on any atom is -0.271 e. The molecule has 0 fully saturated rings. The van der Waals surface area contributed by atoms with E-state index >= 15 is 0 Å². The summed E-state index contributed by atoms with van der Waals surface area (Å²) in [6.45, 7) is 6.52. The van der Waals surface area contributed by atoms with Crippen molar-refractivity contribution in [2.24, 2.45) is 7.05 Å². The van der Waals surface area contributed by atoms with E-state index in [9.17, 15) is 0 Å². The van der Waals surface area contributed by atoms with Crippen LogP contribution in [0.1, 0.15) is 26.5 Å². The van der Waals surface area contributed by atoms with Crippen LogP contribution in [-0.2, 0) is 12.5 Å². The van der Waals surface area contributed by atoms with E-state index in [4.69, 9.17) is 0 Å². The summed E-state index contributed by atoms with van der Waals surface area (Å²) >= 11 is 1.37. The summed E-state index contributed by atoms with van der Waals surface area (Å²) in [6, 6.07) is 2.08. The van der Waals surface area contributed by atoms with Gasteiger partial charge in [0.05, 0.1) is 0 Å². The van der Waals surface area contributed by atoms with Gasteiger partial charge in [0.25, 0.3) is 0 Å². The Morgan fingerprint density at radius 2 is 2.07 bits per heavy atom. The topological polar surface area (TPSA) is 43.6 Å². The van der Waals surface area contributed by atoms with Gasteiger partial charge in [0.2, 0.25) is 0 Å². The van der Waals surface area contributed by atoms with Crippen molar-refractivity contribution in [1.29, 1.82) is 0 Å². The maximum atomic E-state index is 4.44. The molecule has 0 saturated heterocycles. The quantitative estimate of drug-likeness (QED) is 0.743. The molecular formula is C10H14N4S. The van der Waals surface area contributed by atoms with Crippen molar-refractivity contribution in [2.75, 3.05) is 0 Å².